The van der Waals surface area contributed by atoms with Crippen LogP contribution in [0.1, 0.15) is 29.8 Å². The summed E-state index contributed by atoms with van der Waals surface area (Å²) in [5.74, 6) is -0.0284. The van der Waals surface area contributed by atoms with Gasteiger partial charge in [0, 0.05) is 30.3 Å². The Hall–Kier alpha value is -3.11. The van der Waals surface area contributed by atoms with Gasteiger partial charge in [0.1, 0.15) is 11.5 Å². The SMILES string of the molecule is CCN(CC)S(=O)(=O)c1cccc(C(=O)NNC(=O)Cc2ccc(OC)cc2OC)c1. The summed E-state index contributed by atoms with van der Waals surface area (Å²) < 4.78 is 37.0. The quantitative estimate of drug-likeness (QED) is 0.564. The number of hydrogen-bond donors (Lipinski definition) is 2. The van der Waals surface area contributed by atoms with Crippen molar-refractivity contribution in [1.82, 2.24) is 15.2 Å². The molecule has 168 valence electrons. The van der Waals surface area contributed by atoms with Gasteiger partial charge in [0.25, 0.3) is 5.91 Å². The molecule has 0 aromatic heterocycles. The van der Waals surface area contributed by atoms with Crippen LogP contribution in [0.15, 0.2) is 47.4 Å². The van der Waals surface area contributed by atoms with Crippen molar-refractivity contribution in [3.63, 3.8) is 0 Å². The van der Waals surface area contributed by atoms with Crippen molar-refractivity contribution in [2.45, 2.75) is 25.2 Å². The second kappa shape index (κ2) is 10.8. The van der Waals surface area contributed by atoms with Gasteiger partial charge in [-0.1, -0.05) is 26.0 Å². The monoisotopic (exact) mass is 449 g/mol. The molecular formula is C21H27N3O6S. The summed E-state index contributed by atoms with van der Waals surface area (Å²) in [6.45, 7) is 4.12. The minimum Gasteiger partial charge on any atom is -0.497 e. The summed E-state index contributed by atoms with van der Waals surface area (Å²) >= 11 is 0. The normalized spacial score (nSPS) is 11.1. The summed E-state index contributed by atoms with van der Waals surface area (Å²) in [5.41, 5.74) is 5.35. The summed E-state index contributed by atoms with van der Waals surface area (Å²) in [6.07, 6.45) is -0.0379. The second-order valence-corrected chi connectivity index (χ2v) is 8.41. The van der Waals surface area contributed by atoms with Crippen LogP contribution in [0.3, 0.4) is 0 Å². The average Bonchev–Trinajstić information content (AvgIpc) is 2.78. The summed E-state index contributed by atoms with van der Waals surface area (Å²) in [4.78, 5) is 24.7. The number of benzene rings is 2. The minimum absolute atomic E-state index is 0.0122. The van der Waals surface area contributed by atoms with E-state index in [4.69, 9.17) is 9.47 Å². The topological polar surface area (TPSA) is 114 Å². The van der Waals surface area contributed by atoms with Gasteiger partial charge in [-0.05, 0) is 24.3 Å². The highest BCUT2D eigenvalue weighted by Gasteiger charge is 2.22. The van der Waals surface area contributed by atoms with E-state index in [9.17, 15) is 18.0 Å². The lowest BCUT2D eigenvalue weighted by atomic mass is 10.1. The largest absolute Gasteiger partial charge is 0.497 e. The summed E-state index contributed by atoms with van der Waals surface area (Å²) in [7, 11) is -0.691. The van der Waals surface area contributed by atoms with Crippen LogP contribution >= 0.6 is 0 Å². The molecule has 0 unspecified atom stereocenters. The lowest BCUT2D eigenvalue weighted by Gasteiger charge is -2.18. The van der Waals surface area contributed by atoms with Crippen molar-refractivity contribution in [2.24, 2.45) is 0 Å². The predicted molar refractivity (Wildman–Crippen MR) is 115 cm³/mol. The Morgan fingerprint density at radius 2 is 1.68 bits per heavy atom. The van der Waals surface area contributed by atoms with Gasteiger partial charge in [0.05, 0.1) is 25.5 Å². The number of ether oxygens (including phenoxy) is 2. The number of methoxy groups -OCH3 is 2. The fourth-order valence-corrected chi connectivity index (χ4v) is 4.43. The molecular weight excluding hydrogens is 422 g/mol. The molecule has 0 atom stereocenters. The van der Waals surface area contributed by atoms with E-state index in [1.165, 1.54) is 42.8 Å². The van der Waals surface area contributed by atoms with Gasteiger partial charge >= 0.3 is 0 Å². The average molecular weight is 450 g/mol. The third-order valence-electron chi connectivity index (χ3n) is 4.60. The molecule has 0 saturated carbocycles. The fraction of sp³-hybridized carbons (Fsp3) is 0.333. The molecule has 2 rings (SSSR count). The number of sulfonamides is 1. The standard InChI is InChI=1S/C21H27N3O6S/c1-5-24(6-2)31(27,28)18-9-7-8-16(12-18)21(26)23-22-20(25)13-15-10-11-17(29-3)14-19(15)30-4/h7-12,14H,5-6,13H2,1-4H3,(H,22,25)(H,23,26). The Bertz CT molecular complexity index is 1040. The zero-order valence-electron chi connectivity index (χ0n) is 18.0. The van der Waals surface area contributed by atoms with Crippen molar-refractivity contribution in [2.75, 3.05) is 27.3 Å². The molecule has 31 heavy (non-hydrogen) atoms. The zero-order valence-corrected chi connectivity index (χ0v) is 18.8. The molecule has 2 aromatic rings. The van der Waals surface area contributed by atoms with E-state index in [-0.39, 0.29) is 16.9 Å². The van der Waals surface area contributed by atoms with E-state index in [1.54, 1.807) is 32.0 Å². The molecule has 2 aromatic carbocycles. The van der Waals surface area contributed by atoms with Crippen molar-refractivity contribution >= 4 is 21.8 Å². The van der Waals surface area contributed by atoms with Crippen LogP contribution in [0.5, 0.6) is 11.5 Å². The maximum absolute atomic E-state index is 12.6. The Labute approximate surface area is 182 Å². The minimum atomic E-state index is -3.70. The van der Waals surface area contributed by atoms with Crippen LogP contribution in [0.25, 0.3) is 0 Å². The first-order valence-electron chi connectivity index (χ1n) is 9.67. The van der Waals surface area contributed by atoms with E-state index in [0.717, 1.165) is 0 Å². The molecule has 0 aliphatic heterocycles. The number of nitrogens with one attached hydrogen (secondary N) is 2. The lowest BCUT2D eigenvalue weighted by molar-refractivity contribution is -0.121. The first-order valence-corrected chi connectivity index (χ1v) is 11.1. The molecule has 2 amide bonds. The van der Waals surface area contributed by atoms with E-state index < -0.39 is 21.8 Å². The molecule has 2 N–H and O–H groups in total. The predicted octanol–water partition coefficient (Wildman–Crippen LogP) is 1.74. The first-order chi connectivity index (χ1) is 14.8. The van der Waals surface area contributed by atoms with Crippen LogP contribution in [-0.4, -0.2) is 51.8 Å². The molecule has 0 bridgehead atoms. The van der Waals surface area contributed by atoms with Gasteiger partial charge in [0.2, 0.25) is 15.9 Å². The molecule has 0 saturated heterocycles. The second-order valence-electron chi connectivity index (χ2n) is 6.47. The highest BCUT2D eigenvalue weighted by molar-refractivity contribution is 7.89. The van der Waals surface area contributed by atoms with Crippen molar-refractivity contribution in [3.05, 3.63) is 53.6 Å². The van der Waals surface area contributed by atoms with Crippen molar-refractivity contribution in [1.29, 1.82) is 0 Å². The number of carbonyl (C=O) groups excluding carboxylic acids is 2. The summed E-state index contributed by atoms with van der Waals surface area (Å²) in [5, 5.41) is 0. The Balaban J connectivity index is 2.06. The molecule has 0 fully saturated rings. The lowest BCUT2D eigenvalue weighted by Crippen LogP contribution is -2.42. The molecule has 0 aliphatic carbocycles. The molecule has 10 heteroatoms. The first kappa shape index (κ1) is 24.2. The van der Waals surface area contributed by atoms with Crippen molar-refractivity contribution < 1.29 is 27.5 Å². The number of rotatable bonds is 9. The van der Waals surface area contributed by atoms with Crippen LogP contribution in [0, 0.1) is 0 Å². The molecule has 0 aliphatic rings. The van der Waals surface area contributed by atoms with E-state index >= 15 is 0 Å². The Morgan fingerprint density at radius 1 is 0.968 bits per heavy atom. The van der Waals surface area contributed by atoms with Crippen LogP contribution in [0.2, 0.25) is 0 Å². The fourth-order valence-electron chi connectivity index (χ4n) is 2.92. The number of amides is 2. The van der Waals surface area contributed by atoms with Gasteiger partial charge in [-0.25, -0.2) is 8.42 Å². The number of hydrogen-bond acceptors (Lipinski definition) is 6. The van der Waals surface area contributed by atoms with Gasteiger partial charge in [-0.15, -0.1) is 0 Å². The smallest absolute Gasteiger partial charge is 0.269 e. The van der Waals surface area contributed by atoms with Gasteiger partial charge in [-0.2, -0.15) is 4.31 Å². The number of carbonyl (C=O) groups is 2. The van der Waals surface area contributed by atoms with Crippen molar-refractivity contribution in [3.8, 4) is 11.5 Å². The highest BCUT2D eigenvalue weighted by atomic mass is 32.2. The Kier molecular flexibility index (Phi) is 8.40. The molecule has 0 spiro atoms. The zero-order chi connectivity index (χ0) is 23.0. The van der Waals surface area contributed by atoms with Crippen LogP contribution in [-0.2, 0) is 21.2 Å². The van der Waals surface area contributed by atoms with E-state index in [0.29, 0.717) is 30.2 Å². The number of nitrogens with zero attached hydrogens (tertiary/aromatic N) is 1. The summed E-state index contributed by atoms with van der Waals surface area (Å²) in [6, 6.07) is 10.7. The molecule has 0 radical (unpaired) electrons. The van der Waals surface area contributed by atoms with Crippen LogP contribution in [0.4, 0.5) is 0 Å². The van der Waals surface area contributed by atoms with E-state index in [2.05, 4.69) is 10.9 Å². The number of hydrazine groups is 1. The van der Waals surface area contributed by atoms with Gasteiger partial charge in [0.15, 0.2) is 0 Å². The Morgan fingerprint density at radius 3 is 2.29 bits per heavy atom. The molecule has 9 nitrogen and oxygen atoms in total. The maximum Gasteiger partial charge on any atom is 0.269 e. The maximum atomic E-state index is 12.6. The van der Waals surface area contributed by atoms with Crippen LogP contribution < -0.4 is 20.3 Å². The highest BCUT2D eigenvalue weighted by Crippen LogP contribution is 2.24. The van der Waals surface area contributed by atoms with Gasteiger partial charge < -0.3 is 9.47 Å². The van der Waals surface area contributed by atoms with E-state index in [1.807, 2.05) is 0 Å². The van der Waals surface area contributed by atoms with Gasteiger partial charge in [-0.3, -0.25) is 20.4 Å². The third kappa shape index (κ3) is 5.96. The molecule has 0 heterocycles. The third-order valence-corrected chi connectivity index (χ3v) is 6.65.